The summed E-state index contributed by atoms with van der Waals surface area (Å²) in [6.07, 6.45) is 0.906. The van der Waals surface area contributed by atoms with Gasteiger partial charge in [0.2, 0.25) is 0 Å². The van der Waals surface area contributed by atoms with E-state index in [1.54, 1.807) is 12.1 Å². The molecule has 1 atom stereocenters. The summed E-state index contributed by atoms with van der Waals surface area (Å²) in [5.41, 5.74) is 0. The van der Waals surface area contributed by atoms with Crippen LogP contribution in [0.4, 0.5) is 4.79 Å². The van der Waals surface area contributed by atoms with E-state index in [4.69, 9.17) is 16.3 Å². The number of amides is 2. The molecule has 100 valence electrons. The van der Waals surface area contributed by atoms with Crippen LogP contribution >= 0.6 is 11.6 Å². The van der Waals surface area contributed by atoms with Crippen molar-refractivity contribution in [2.24, 2.45) is 0 Å². The van der Waals surface area contributed by atoms with Crippen LogP contribution in [-0.2, 0) is 0 Å². The van der Waals surface area contributed by atoms with Crippen LogP contribution in [0.3, 0.4) is 0 Å². The molecule has 0 aliphatic carbocycles. The highest BCUT2D eigenvalue weighted by Crippen LogP contribution is 2.22. The topological polar surface area (TPSA) is 50.4 Å². The molecule has 0 spiro atoms. The molecule has 0 saturated heterocycles. The molecule has 2 N–H and O–H groups in total. The second kappa shape index (κ2) is 7.82. The Morgan fingerprint density at radius 3 is 2.83 bits per heavy atom. The first kappa shape index (κ1) is 14.6. The van der Waals surface area contributed by atoms with E-state index in [1.165, 1.54) is 0 Å². The normalized spacial score (nSPS) is 11.7. The maximum Gasteiger partial charge on any atom is 0.315 e. The van der Waals surface area contributed by atoms with Crippen LogP contribution in [0.15, 0.2) is 24.3 Å². The number of carbonyl (C=O) groups excluding carboxylic acids is 1. The molecular formula is C13H19ClN2O2. The van der Waals surface area contributed by atoms with E-state index < -0.39 is 0 Å². The minimum atomic E-state index is -0.174. The number of carbonyl (C=O) groups is 1. The molecule has 18 heavy (non-hydrogen) atoms. The van der Waals surface area contributed by atoms with Gasteiger partial charge in [-0.1, -0.05) is 30.7 Å². The summed E-state index contributed by atoms with van der Waals surface area (Å²) in [5.74, 6) is 0.628. The third-order valence-electron chi connectivity index (χ3n) is 2.47. The van der Waals surface area contributed by atoms with Crippen molar-refractivity contribution in [3.8, 4) is 5.75 Å². The molecule has 0 aliphatic rings. The van der Waals surface area contributed by atoms with E-state index >= 15 is 0 Å². The third-order valence-corrected chi connectivity index (χ3v) is 2.78. The van der Waals surface area contributed by atoms with Crippen molar-refractivity contribution in [3.63, 3.8) is 0 Å². The minimum absolute atomic E-state index is 0.174. The van der Waals surface area contributed by atoms with Gasteiger partial charge in [-0.05, 0) is 25.5 Å². The number of ether oxygens (including phenoxy) is 1. The average molecular weight is 271 g/mol. The van der Waals surface area contributed by atoms with Crippen molar-refractivity contribution in [1.82, 2.24) is 10.6 Å². The summed E-state index contributed by atoms with van der Waals surface area (Å²) >= 11 is 5.93. The Kier molecular flexibility index (Phi) is 6.36. The van der Waals surface area contributed by atoms with E-state index in [0.717, 1.165) is 6.42 Å². The van der Waals surface area contributed by atoms with Crippen LogP contribution in [0.1, 0.15) is 20.3 Å². The van der Waals surface area contributed by atoms with Gasteiger partial charge in [-0.2, -0.15) is 0 Å². The van der Waals surface area contributed by atoms with Crippen molar-refractivity contribution in [2.45, 2.75) is 26.3 Å². The van der Waals surface area contributed by atoms with E-state index in [0.29, 0.717) is 23.9 Å². The zero-order valence-corrected chi connectivity index (χ0v) is 11.5. The van der Waals surface area contributed by atoms with Gasteiger partial charge in [0, 0.05) is 6.04 Å². The Balaban J connectivity index is 2.19. The Bertz CT molecular complexity index is 385. The standard InChI is InChI=1S/C13H19ClN2O2/c1-3-10(2)16-13(17)15-8-9-18-12-7-5-4-6-11(12)14/h4-7,10H,3,8-9H2,1-2H3,(H2,15,16,17). The molecule has 0 aromatic heterocycles. The first-order valence-electron chi connectivity index (χ1n) is 6.05. The molecule has 1 aromatic carbocycles. The summed E-state index contributed by atoms with van der Waals surface area (Å²) in [5, 5.41) is 6.10. The van der Waals surface area contributed by atoms with E-state index in [-0.39, 0.29) is 12.1 Å². The van der Waals surface area contributed by atoms with Gasteiger partial charge in [0.25, 0.3) is 0 Å². The molecule has 0 fully saturated rings. The number of para-hydroxylation sites is 1. The largest absolute Gasteiger partial charge is 0.490 e. The van der Waals surface area contributed by atoms with Crippen LogP contribution < -0.4 is 15.4 Å². The van der Waals surface area contributed by atoms with Crippen LogP contribution in [0, 0.1) is 0 Å². The van der Waals surface area contributed by atoms with Crippen molar-refractivity contribution < 1.29 is 9.53 Å². The monoisotopic (exact) mass is 270 g/mol. The minimum Gasteiger partial charge on any atom is -0.490 e. The van der Waals surface area contributed by atoms with Crippen molar-refractivity contribution in [1.29, 1.82) is 0 Å². The molecule has 1 unspecified atom stereocenters. The van der Waals surface area contributed by atoms with Crippen LogP contribution in [0.5, 0.6) is 5.75 Å². The molecule has 0 saturated carbocycles. The van der Waals surface area contributed by atoms with Gasteiger partial charge in [0.15, 0.2) is 0 Å². The molecule has 1 rings (SSSR count). The van der Waals surface area contributed by atoms with Gasteiger partial charge in [0.1, 0.15) is 12.4 Å². The highest BCUT2D eigenvalue weighted by molar-refractivity contribution is 6.32. The van der Waals surface area contributed by atoms with Crippen molar-refractivity contribution in [2.75, 3.05) is 13.2 Å². The molecule has 0 heterocycles. The molecule has 1 aromatic rings. The number of halogens is 1. The lowest BCUT2D eigenvalue weighted by molar-refractivity contribution is 0.233. The Morgan fingerprint density at radius 2 is 2.17 bits per heavy atom. The smallest absolute Gasteiger partial charge is 0.315 e. The second-order valence-corrected chi connectivity index (χ2v) is 4.40. The Morgan fingerprint density at radius 1 is 1.44 bits per heavy atom. The fourth-order valence-electron chi connectivity index (χ4n) is 1.26. The van der Waals surface area contributed by atoms with Crippen molar-refractivity contribution >= 4 is 17.6 Å². The highest BCUT2D eigenvalue weighted by atomic mass is 35.5. The van der Waals surface area contributed by atoms with Crippen LogP contribution in [0.2, 0.25) is 5.02 Å². The number of urea groups is 1. The number of hydrogen-bond donors (Lipinski definition) is 2. The van der Waals surface area contributed by atoms with Crippen LogP contribution in [-0.4, -0.2) is 25.2 Å². The molecule has 0 aliphatic heterocycles. The van der Waals surface area contributed by atoms with Gasteiger partial charge in [-0.3, -0.25) is 0 Å². The second-order valence-electron chi connectivity index (χ2n) is 3.99. The molecule has 0 radical (unpaired) electrons. The highest BCUT2D eigenvalue weighted by Gasteiger charge is 2.04. The van der Waals surface area contributed by atoms with Gasteiger partial charge >= 0.3 is 6.03 Å². The SMILES string of the molecule is CCC(C)NC(=O)NCCOc1ccccc1Cl. The first-order chi connectivity index (χ1) is 8.63. The number of hydrogen-bond acceptors (Lipinski definition) is 2. The lowest BCUT2D eigenvalue weighted by Crippen LogP contribution is -2.41. The van der Waals surface area contributed by atoms with E-state index in [9.17, 15) is 4.79 Å². The zero-order chi connectivity index (χ0) is 13.4. The molecule has 0 bridgehead atoms. The fraction of sp³-hybridized carbons (Fsp3) is 0.462. The predicted molar refractivity (Wildman–Crippen MR) is 73.2 cm³/mol. The summed E-state index contributed by atoms with van der Waals surface area (Å²) in [4.78, 5) is 11.4. The summed E-state index contributed by atoms with van der Waals surface area (Å²) in [6, 6.07) is 7.25. The van der Waals surface area contributed by atoms with Crippen molar-refractivity contribution in [3.05, 3.63) is 29.3 Å². The molecule has 4 nitrogen and oxygen atoms in total. The molecule has 5 heteroatoms. The molecule has 2 amide bonds. The third kappa shape index (κ3) is 5.27. The number of rotatable bonds is 6. The molecular weight excluding hydrogens is 252 g/mol. The fourth-order valence-corrected chi connectivity index (χ4v) is 1.45. The van der Waals surface area contributed by atoms with Gasteiger partial charge in [-0.25, -0.2) is 4.79 Å². The van der Waals surface area contributed by atoms with Gasteiger partial charge in [-0.15, -0.1) is 0 Å². The Labute approximate surface area is 113 Å². The summed E-state index contributed by atoms with van der Waals surface area (Å²) in [6.45, 7) is 4.80. The summed E-state index contributed by atoms with van der Waals surface area (Å²) in [7, 11) is 0. The quantitative estimate of drug-likeness (QED) is 0.781. The lowest BCUT2D eigenvalue weighted by atomic mass is 10.3. The zero-order valence-electron chi connectivity index (χ0n) is 10.7. The number of nitrogens with one attached hydrogen (secondary N) is 2. The number of benzene rings is 1. The Hall–Kier alpha value is -1.42. The first-order valence-corrected chi connectivity index (χ1v) is 6.43. The van der Waals surface area contributed by atoms with E-state index in [1.807, 2.05) is 26.0 Å². The van der Waals surface area contributed by atoms with Gasteiger partial charge in [0.05, 0.1) is 11.6 Å². The maximum absolute atomic E-state index is 11.4. The lowest BCUT2D eigenvalue weighted by Gasteiger charge is -2.13. The predicted octanol–water partition coefficient (Wildman–Crippen LogP) is 2.82. The maximum atomic E-state index is 11.4. The van der Waals surface area contributed by atoms with Crippen LogP contribution in [0.25, 0.3) is 0 Å². The van der Waals surface area contributed by atoms with Gasteiger partial charge < -0.3 is 15.4 Å². The average Bonchev–Trinajstić information content (AvgIpc) is 2.36. The van der Waals surface area contributed by atoms with E-state index in [2.05, 4.69) is 10.6 Å². The summed E-state index contributed by atoms with van der Waals surface area (Å²) < 4.78 is 5.44.